The molecule has 0 saturated carbocycles. The third-order valence-electron chi connectivity index (χ3n) is 2.03. The second-order valence-electron chi connectivity index (χ2n) is 3.35. The maximum absolute atomic E-state index is 10.6. The molecule has 1 rings (SSSR count). The van der Waals surface area contributed by atoms with Crippen molar-refractivity contribution in [1.82, 2.24) is 0 Å². The van der Waals surface area contributed by atoms with E-state index < -0.39 is 5.97 Å². The van der Waals surface area contributed by atoms with Gasteiger partial charge in [-0.3, -0.25) is 0 Å². The van der Waals surface area contributed by atoms with Crippen molar-refractivity contribution in [3.05, 3.63) is 41.5 Å². The van der Waals surface area contributed by atoms with Gasteiger partial charge in [-0.1, -0.05) is 0 Å². The highest BCUT2D eigenvalue weighted by Crippen LogP contribution is 2.12. The fraction of sp³-hybridized carbons (Fsp3) is 0.250. The molecule has 1 aromatic carbocycles. The van der Waals surface area contributed by atoms with Gasteiger partial charge in [0.25, 0.3) is 0 Å². The predicted molar refractivity (Wildman–Crippen MR) is 59.7 cm³/mol. The summed E-state index contributed by atoms with van der Waals surface area (Å²) in [6.45, 7) is 2.18. The summed E-state index contributed by atoms with van der Waals surface area (Å²) < 4.78 is 5.33. The first kappa shape index (κ1) is 12.3. The van der Waals surface area contributed by atoms with Crippen LogP contribution in [0.4, 0.5) is 0 Å². The van der Waals surface area contributed by atoms with Gasteiger partial charge in [0, 0.05) is 0 Å². The number of hydrogen-bond donors (Lipinski definition) is 2. The Labute approximate surface area is 93.8 Å². The third-order valence-corrected chi connectivity index (χ3v) is 2.03. The Morgan fingerprint density at radius 1 is 1.38 bits per heavy atom. The Balaban J connectivity index is 2.53. The zero-order valence-electron chi connectivity index (χ0n) is 9.01. The van der Waals surface area contributed by atoms with Crippen molar-refractivity contribution >= 4 is 5.97 Å². The maximum Gasteiger partial charge on any atom is 0.335 e. The molecule has 4 heteroatoms. The summed E-state index contributed by atoms with van der Waals surface area (Å²) in [6.07, 6.45) is 1.77. The van der Waals surface area contributed by atoms with E-state index in [1.165, 1.54) is 12.1 Å². The van der Waals surface area contributed by atoms with E-state index >= 15 is 0 Å². The van der Waals surface area contributed by atoms with Crippen LogP contribution in [0.1, 0.15) is 17.3 Å². The number of aliphatic hydroxyl groups is 1. The Hall–Kier alpha value is -1.81. The average Bonchev–Trinajstić information content (AvgIpc) is 2.29. The molecule has 0 saturated heterocycles. The number of rotatable bonds is 5. The first-order valence-corrected chi connectivity index (χ1v) is 4.86. The molecule has 0 aliphatic rings. The molecule has 0 radical (unpaired) electrons. The lowest BCUT2D eigenvalue weighted by molar-refractivity contribution is 0.0697. The summed E-state index contributed by atoms with van der Waals surface area (Å²) in [5.41, 5.74) is 1.07. The van der Waals surface area contributed by atoms with Crippen LogP contribution in [-0.4, -0.2) is 29.4 Å². The quantitative estimate of drug-likeness (QED) is 0.744. The van der Waals surface area contributed by atoms with Gasteiger partial charge in [-0.2, -0.15) is 0 Å². The van der Waals surface area contributed by atoms with E-state index in [2.05, 4.69) is 0 Å². The number of carbonyl (C=O) groups is 1. The highest BCUT2D eigenvalue weighted by atomic mass is 16.5. The van der Waals surface area contributed by atoms with Gasteiger partial charge < -0.3 is 14.9 Å². The molecule has 4 nitrogen and oxygen atoms in total. The van der Waals surface area contributed by atoms with E-state index in [1.807, 2.05) is 0 Å². The maximum atomic E-state index is 10.6. The highest BCUT2D eigenvalue weighted by molar-refractivity contribution is 5.87. The van der Waals surface area contributed by atoms with E-state index in [-0.39, 0.29) is 12.2 Å². The van der Waals surface area contributed by atoms with Crippen molar-refractivity contribution in [2.24, 2.45) is 0 Å². The number of benzene rings is 1. The van der Waals surface area contributed by atoms with Gasteiger partial charge in [0.2, 0.25) is 0 Å². The molecule has 0 spiro atoms. The van der Waals surface area contributed by atoms with Gasteiger partial charge in [0.15, 0.2) is 0 Å². The average molecular weight is 222 g/mol. The molecule has 0 aliphatic carbocycles. The van der Waals surface area contributed by atoms with Crippen LogP contribution in [-0.2, 0) is 0 Å². The summed E-state index contributed by atoms with van der Waals surface area (Å²) in [5.74, 6) is -0.352. The standard InChI is InChI=1S/C12H14O4/c1-9(8-13)6-7-16-11-4-2-10(3-5-11)12(14)15/h2-6,13H,7-8H2,1H3,(H,14,15). The SMILES string of the molecule is CC(=CCOc1ccc(C(=O)O)cc1)CO. The minimum atomic E-state index is -0.956. The lowest BCUT2D eigenvalue weighted by Crippen LogP contribution is -1.98. The Bertz CT molecular complexity index is 379. The molecular formula is C12H14O4. The minimum absolute atomic E-state index is 0.0152. The molecule has 0 aliphatic heterocycles. The molecule has 0 amide bonds. The van der Waals surface area contributed by atoms with E-state index in [0.29, 0.717) is 12.4 Å². The lowest BCUT2D eigenvalue weighted by Gasteiger charge is -2.04. The lowest BCUT2D eigenvalue weighted by atomic mass is 10.2. The zero-order chi connectivity index (χ0) is 12.0. The highest BCUT2D eigenvalue weighted by Gasteiger charge is 2.01. The van der Waals surface area contributed by atoms with Gasteiger partial charge in [-0.15, -0.1) is 0 Å². The molecule has 0 heterocycles. The van der Waals surface area contributed by atoms with Crippen LogP contribution in [0.25, 0.3) is 0 Å². The van der Waals surface area contributed by atoms with Crippen LogP contribution in [0.2, 0.25) is 0 Å². The van der Waals surface area contributed by atoms with Gasteiger partial charge >= 0.3 is 5.97 Å². The van der Waals surface area contributed by atoms with E-state index in [0.717, 1.165) is 5.57 Å². The molecule has 86 valence electrons. The second kappa shape index (κ2) is 5.92. The van der Waals surface area contributed by atoms with E-state index in [9.17, 15) is 4.79 Å². The second-order valence-corrected chi connectivity index (χ2v) is 3.35. The van der Waals surface area contributed by atoms with Gasteiger partial charge in [0.1, 0.15) is 12.4 Å². The minimum Gasteiger partial charge on any atom is -0.490 e. The molecule has 1 aromatic rings. The van der Waals surface area contributed by atoms with Crippen LogP contribution < -0.4 is 4.74 Å². The molecule has 0 bridgehead atoms. The smallest absolute Gasteiger partial charge is 0.335 e. The van der Waals surface area contributed by atoms with E-state index in [1.54, 1.807) is 25.1 Å². The topological polar surface area (TPSA) is 66.8 Å². The van der Waals surface area contributed by atoms with Crippen LogP contribution in [0.3, 0.4) is 0 Å². The largest absolute Gasteiger partial charge is 0.490 e. The molecule has 2 N–H and O–H groups in total. The fourth-order valence-electron chi connectivity index (χ4n) is 1.04. The Kier molecular flexibility index (Phi) is 4.54. The summed E-state index contributed by atoms with van der Waals surface area (Å²) in [7, 11) is 0. The van der Waals surface area contributed by atoms with Crippen LogP contribution in [0, 0.1) is 0 Å². The normalized spacial score (nSPS) is 11.2. The number of carboxylic acids is 1. The monoisotopic (exact) mass is 222 g/mol. The number of carboxylic acid groups (broad SMARTS) is 1. The number of aromatic carboxylic acids is 1. The van der Waals surface area contributed by atoms with Gasteiger partial charge in [-0.25, -0.2) is 4.79 Å². The van der Waals surface area contributed by atoms with Crippen LogP contribution in [0.15, 0.2) is 35.9 Å². The molecule has 0 unspecified atom stereocenters. The van der Waals surface area contributed by atoms with E-state index in [4.69, 9.17) is 14.9 Å². The van der Waals surface area contributed by atoms with Crippen molar-refractivity contribution in [2.45, 2.75) is 6.92 Å². The molecular weight excluding hydrogens is 208 g/mol. The summed E-state index contributed by atoms with van der Waals surface area (Å²) >= 11 is 0. The number of aliphatic hydroxyl groups excluding tert-OH is 1. The van der Waals surface area contributed by atoms with Crippen molar-refractivity contribution in [3.8, 4) is 5.75 Å². The zero-order valence-corrected chi connectivity index (χ0v) is 9.01. The predicted octanol–water partition coefficient (Wildman–Crippen LogP) is 1.70. The first-order chi connectivity index (χ1) is 7.63. The number of ether oxygens (including phenoxy) is 1. The molecule has 16 heavy (non-hydrogen) atoms. The van der Waals surface area contributed by atoms with Gasteiger partial charge in [0.05, 0.1) is 12.2 Å². The van der Waals surface area contributed by atoms with Crippen molar-refractivity contribution < 1.29 is 19.7 Å². The Morgan fingerprint density at radius 3 is 2.50 bits per heavy atom. The first-order valence-electron chi connectivity index (χ1n) is 4.86. The van der Waals surface area contributed by atoms with Gasteiger partial charge in [-0.05, 0) is 42.8 Å². The van der Waals surface area contributed by atoms with Crippen LogP contribution >= 0.6 is 0 Å². The van der Waals surface area contributed by atoms with Crippen LogP contribution in [0.5, 0.6) is 5.75 Å². The fourth-order valence-corrected chi connectivity index (χ4v) is 1.04. The molecule has 0 fully saturated rings. The van der Waals surface area contributed by atoms with Crippen molar-refractivity contribution in [3.63, 3.8) is 0 Å². The molecule has 0 aromatic heterocycles. The third kappa shape index (κ3) is 3.74. The molecule has 0 atom stereocenters. The number of hydrogen-bond acceptors (Lipinski definition) is 3. The van der Waals surface area contributed by atoms with Crippen molar-refractivity contribution in [2.75, 3.05) is 13.2 Å². The Morgan fingerprint density at radius 2 is 2.00 bits per heavy atom. The summed E-state index contributed by atoms with van der Waals surface area (Å²) in [4.78, 5) is 10.6. The van der Waals surface area contributed by atoms with Crippen molar-refractivity contribution in [1.29, 1.82) is 0 Å². The summed E-state index contributed by atoms with van der Waals surface area (Å²) in [6, 6.07) is 6.18. The summed E-state index contributed by atoms with van der Waals surface area (Å²) in [5, 5.41) is 17.4.